The van der Waals surface area contributed by atoms with Crippen molar-refractivity contribution in [1.29, 1.82) is 0 Å². The Bertz CT molecular complexity index is 1690. The van der Waals surface area contributed by atoms with Crippen LogP contribution in [0.1, 0.15) is 36.8 Å². The van der Waals surface area contributed by atoms with Crippen molar-refractivity contribution in [2.45, 2.75) is 49.6 Å². The lowest BCUT2D eigenvalue weighted by Gasteiger charge is -2.50. The summed E-state index contributed by atoms with van der Waals surface area (Å²) in [6.07, 6.45) is 5.55. The molecular formula is C44H44N2P2. The van der Waals surface area contributed by atoms with Crippen LogP contribution in [0.4, 0.5) is 0 Å². The van der Waals surface area contributed by atoms with E-state index in [4.69, 9.17) is 11.5 Å². The van der Waals surface area contributed by atoms with Gasteiger partial charge in [-0.3, -0.25) is 0 Å². The van der Waals surface area contributed by atoms with Crippen LogP contribution in [0.5, 0.6) is 0 Å². The molecule has 6 aromatic rings. The van der Waals surface area contributed by atoms with Crippen LogP contribution in [0.3, 0.4) is 0 Å². The highest BCUT2D eigenvalue weighted by Crippen LogP contribution is 2.42. The van der Waals surface area contributed by atoms with Crippen LogP contribution in [0.15, 0.2) is 170 Å². The molecule has 0 heterocycles. The van der Waals surface area contributed by atoms with E-state index in [1.807, 2.05) is 0 Å². The van der Waals surface area contributed by atoms with Crippen molar-refractivity contribution >= 4 is 47.7 Å². The van der Waals surface area contributed by atoms with Crippen LogP contribution in [0, 0.1) is 0 Å². The van der Waals surface area contributed by atoms with Gasteiger partial charge in [0.2, 0.25) is 0 Å². The molecule has 0 aromatic heterocycles. The van der Waals surface area contributed by atoms with Gasteiger partial charge < -0.3 is 11.5 Å². The lowest BCUT2D eigenvalue weighted by atomic mass is 9.63. The lowest BCUT2D eigenvalue weighted by molar-refractivity contribution is 0.145. The second-order valence-electron chi connectivity index (χ2n) is 13.1. The predicted octanol–water partition coefficient (Wildman–Crippen LogP) is 6.96. The Labute approximate surface area is 288 Å². The van der Waals surface area contributed by atoms with Gasteiger partial charge in [-0.05, 0) is 84.5 Å². The minimum atomic E-state index is -0.754. The molecule has 4 heteroatoms. The molecule has 2 nitrogen and oxygen atoms in total. The molecule has 1 fully saturated rings. The maximum atomic E-state index is 7.70. The zero-order valence-electron chi connectivity index (χ0n) is 27.5. The zero-order chi connectivity index (χ0) is 32.8. The van der Waals surface area contributed by atoms with Crippen LogP contribution in [-0.4, -0.2) is 11.1 Å². The molecule has 0 spiro atoms. The zero-order valence-corrected chi connectivity index (χ0v) is 29.2. The first-order valence-corrected chi connectivity index (χ1v) is 19.8. The first kappa shape index (κ1) is 32.6. The minimum Gasteiger partial charge on any atom is -0.323 e. The van der Waals surface area contributed by atoms with E-state index in [2.05, 4.69) is 170 Å². The van der Waals surface area contributed by atoms with Gasteiger partial charge in [0.1, 0.15) is 0 Å². The summed E-state index contributed by atoms with van der Waals surface area (Å²) in [6.45, 7) is 0. The summed E-state index contributed by atoms with van der Waals surface area (Å²) < 4.78 is 0. The smallest absolute Gasteiger partial charge is 0.0381 e. The van der Waals surface area contributed by atoms with Gasteiger partial charge in [-0.2, -0.15) is 0 Å². The second kappa shape index (κ2) is 14.7. The largest absolute Gasteiger partial charge is 0.323 e. The first-order valence-electron chi connectivity index (χ1n) is 17.1. The Morgan fingerprint density at radius 1 is 0.375 bits per heavy atom. The summed E-state index contributed by atoms with van der Waals surface area (Å²) in [6, 6.07) is 61.8. The summed E-state index contributed by atoms with van der Waals surface area (Å²) >= 11 is 0. The van der Waals surface area contributed by atoms with Crippen molar-refractivity contribution in [2.75, 3.05) is 0 Å². The molecule has 6 aromatic carbocycles. The number of hydrogen-bond acceptors (Lipinski definition) is 2. The number of benzene rings is 6. The third-order valence-corrected chi connectivity index (χ3v) is 15.1. The normalized spacial score (nSPS) is 19.4. The molecule has 48 heavy (non-hydrogen) atoms. The van der Waals surface area contributed by atoms with Crippen molar-refractivity contribution in [3.63, 3.8) is 0 Å². The molecule has 2 unspecified atom stereocenters. The molecule has 1 aliphatic rings. The number of rotatable bonds is 10. The predicted molar refractivity (Wildman–Crippen MR) is 210 cm³/mol. The van der Waals surface area contributed by atoms with Crippen LogP contribution in [0.25, 0.3) is 0 Å². The van der Waals surface area contributed by atoms with E-state index in [0.29, 0.717) is 0 Å². The second-order valence-corrected chi connectivity index (χ2v) is 17.5. The summed E-state index contributed by atoms with van der Waals surface area (Å²) in [5.74, 6) is 0. The van der Waals surface area contributed by atoms with E-state index in [1.165, 1.54) is 43.0 Å². The third kappa shape index (κ3) is 6.82. The molecule has 0 aliphatic heterocycles. The molecule has 0 bridgehead atoms. The highest BCUT2D eigenvalue weighted by molar-refractivity contribution is 7.80. The highest BCUT2D eigenvalue weighted by Gasteiger charge is 2.48. The van der Waals surface area contributed by atoms with Crippen LogP contribution in [-0.2, 0) is 12.8 Å². The summed E-state index contributed by atoms with van der Waals surface area (Å²) in [5.41, 5.74) is 16.9. The fourth-order valence-electron chi connectivity index (χ4n) is 7.51. The third-order valence-electron chi connectivity index (χ3n) is 10.0. The van der Waals surface area contributed by atoms with E-state index in [0.717, 1.165) is 38.5 Å². The summed E-state index contributed by atoms with van der Waals surface area (Å²) in [5, 5.41) is 8.15. The van der Waals surface area contributed by atoms with Gasteiger partial charge >= 0.3 is 0 Å². The molecule has 0 radical (unpaired) electrons. The van der Waals surface area contributed by atoms with Gasteiger partial charge in [-0.1, -0.05) is 183 Å². The average Bonchev–Trinajstić information content (AvgIpc) is 3.13. The first-order chi connectivity index (χ1) is 23.5. The van der Waals surface area contributed by atoms with E-state index < -0.39 is 26.9 Å². The maximum Gasteiger partial charge on any atom is 0.0381 e. The molecule has 2 atom stereocenters. The molecule has 1 aliphatic carbocycles. The highest BCUT2D eigenvalue weighted by atomic mass is 31.1. The van der Waals surface area contributed by atoms with Crippen molar-refractivity contribution in [3.8, 4) is 0 Å². The molecule has 0 saturated heterocycles. The van der Waals surface area contributed by atoms with E-state index >= 15 is 0 Å². The number of nitrogens with two attached hydrogens (primary N) is 2. The van der Waals surface area contributed by atoms with Crippen LogP contribution in [0.2, 0.25) is 0 Å². The van der Waals surface area contributed by atoms with E-state index in [1.54, 1.807) is 0 Å². The van der Waals surface area contributed by atoms with Crippen molar-refractivity contribution < 1.29 is 0 Å². The minimum absolute atomic E-state index is 0.551. The molecule has 1 saturated carbocycles. The van der Waals surface area contributed by atoms with Crippen LogP contribution >= 0.6 is 15.8 Å². The Hall–Kier alpha value is -3.90. The van der Waals surface area contributed by atoms with Gasteiger partial charge in [0.25, 0.3) is 0 Å². The van der Waals surface area contributed by atoms with Crippen molar-refractivity contribution in [3.05, 3.63) is 181 Å². The monoisotopic (exact) mass is 662 g/mol. The van der Waals surface area contributed by atoms with Gasteiger partial charge in [0.05, 0.1) is 0 Å². The Balaban J connectivity index is 1.27. The molecule has 4 N–H and O–H groups in total. The molecule has 0 amide bonds. The Morgan fingerprint density at radius 3 is 0.958 bits per heavy atom. The lowest BCUT2D eigenvalue weighted by Crippen LogP contribution is -2.70. The SMILES string of the molecule is NC1(Cc2ccccc2P(c2ccccc2)c2ccccc2)CCCCC1(N)Cc1ccccc1P(c1ccccc1)c1ccccc1. The standard InChI is InChI=1S/C44H44N2P2/c45-43(33-35-19-13-15-29-41(35)47(37-21-5-1-6-22-37)38-23-7-2-8-24-38)31-17-18-32-44(43,46)34-36-20-14-16-30-42(36)48(39-25-9-3-10-26-39)40-27-11-4-12-28-40/h1-16,19-30H,17-18,31-34,45-46H2. The summed E-state index contributed by atoms with van der Waals surface area (Å²) in [4.78, 5) is 0. The van der Waals surface area contributed by atoms with Crippen molar-refractivity contribution in [1.82, 2.24) is 0 Å². The van der Waals surface area contributed by atoms with Gasteiger partial charge in [0.15, 0.2) is 0 Å². The molecule has 240 valence electrons. The quantitative estimate of drug-likeness (QED) is 0.156. The van der Waals surface area contributed by atoms with E-state index in [-0.39, 0.29) is 0 Å². The topological polar surface area (TPSA) is 52.0 Å². The van der Waals surface area contributed by atoms with Gasteiger partial charge in [-0.15, -0.1) is 0 Å². The van der Waals surface area contributed by atoms with Gasteiger partial charge in [0, 0.05) is 11.1 Å². The summed E-state index contributed by atoms with van der Waals surface area (Å²) in [7, 11) is -1.51. The maximum absolute atomic E-state index is 7.70. The fraction of sp³-hybridized carbons (Fsp3) is 0.182. The molecule has 7 rings (SSSR count). The Morgan fingerprint density at radius 2 is 0.646 bits per heavy atom. The molecular weight excluding hydrogens is 618 g/mol. The number of hydrogen-bond donors (Lipinski definition) is 2. The van der Waals surface area contributed by atoms with Crippen LogP contribution < -0.4 is 43.3 Å². The van der Waals surface area contributed by atoms with E-state index in [9.17, 15) is 0 Å². The Kier molecular flexibility index (Phi) is 9.99. The average molecular weight is 663 g/mol. The van der Waals surface area contributed by atoms with Gasteiger partial charge in [-0.25, -0.2) is 0 Å². The fourth-order valence-corrected chi connectivity index (χ4v) is 12.4. The van der Waals surface area contributed by atoms with Crippen molar-refractivity contribution in [2.24, 2.45) is 11.5 Å².